The van der Waals surface area contributed by atoms with Crippen molar-refractivity contribution in [2.75, 3.05) is 12.4 Å². The van der Waals surface area contributed by atoms with Gasteiger partial charge in [-0.05, 0) is 36.4 Å². The van der Waals surface area contributed by atoms with Crippen LogP contribution in [0.3, 0.4) is 0 Å². The van der Waals surface area contributed by atoms with E-state index in [2.05, 4.69) is 26.2 Å². The summed E-state index contributed by atoms with van der Waals surface area (Å²) in [6, 6.07) is 10.9. The van der Waals surface area contributed by atoms with Gasteiger partial charge in [0.1, 0.15) is 11.4 Å². The molecule has 0 fully saturated rings. The Morgan fingerprint density at radius 3 is 2.67 bits per heavy atom. The first kappa shape index (κ1) is 12.6. The normalized spacial score (nSPS) is 9.89. The number of halogens is 1. The maximum absolute atomic E-state index is 11.6. The van der Waals surface area contributed by atoms with Crippen LogP contribution in [0, 0.1) is 0 Å². The van der Waals surface area contributed by atoms with Gasteiger partial charge in [0, 0.05) is 16.4 Å². The maximum atomic E-state index is 11.6. The summed E-state index contributed by atoms with van der Waals surface area (Å²) in [5, 5.41) is 3.08. The smallest absolute Gasteiger partial charge is 0.341 e. The van der Waals surface area contributed by atoms with Crippen LogP contribution in [-0.2, 0) is 4.74 Å². The Kier molecular flexibility index (Phi) is 3.94. The van der Waals surface area contributed by atoms with Crippen molar-refractivity contribution in [3.63, 3.8) is 0 Å². The maximum Gasteiger partial charge on any atom is 0.341 e. The number of nitrogens with one attached hydrogen (secondary N) is 1. The number of esters is 1. The number of benzene rings is 1. The van der Waals surface area contributed by atoms with Crippen LogP contribution < -0.4 is 5.32 Å². The van der Waals surface area contributed by atoms with Crippen LogP contribution in [0.15, 0.2) is 47.1 Å². The molecule has 1 heterocycles. The Labute approximate surface area is 113 Å². The summed E-state index contributed by atoms with van der Waals surface area (Å²) in [4.78, 5) is 15.7. The van der Waals surface area contributed by atoms with Gasteiger partial charge >= 0.3 is 5.97 Å². The lowest BCUT2D eigenvalue weighted by Crippen LogP contribution is -2.06. The highest BCUT2D eigenvalue weighted by molar-refractivity contribution is 9.10. The van der Waals surface area contributed by atoms with E-state index in [9.17, 15) is 4.79 Å². The minimum absolute atomic E-state index is 0.405. The van der Waals surface area contributed by atoms with Gasteiger partial charge in [-0.2, -0.15) is 0 Å². The van der Waals surface area contributed by atoms with E-state index in [1.54, 1.807) is 18.3 Å². The highest BCUT2D eigenvalue weighted by Gasteiger charge is 2.12. The molecule has 2 aromatic rings. The molecule has 2 rings (SSSR count). The highest BCUT2D eigenvalue weighted by Crippen LogP contribution is 2.20. The van der Waals surface area contributed by atoms with Gasteiger partial charge in [0.25, 0.3) is 0 Å². The standard InChI is InChI=1S/C13H11BrN2O2/c1-18-13(17)11-3-2-8-15-12(11)16-10-6-4-9(14)5-7-10/h2-8H,1H3,(H,15,16). The number of carbonyl (C=O) groups excluding carboxylic acids is 1. The summed E-state index contributed by atoms with van der Waals surface area (Å²) in [5.41, 5.74) is 1.25. The Morgan fingerprint density at radius 2 is 2.00 bits per heavy atom. The molecule has 1 aromatic heterocycles. The minimum atomic E-state index is -0.414. The number of hydrogen-bond donors (Lipinski definition) is 1. The molecular weight excluding hydrogens is 296 g/mol. The van der Waals surface area contributed by atoms with Gasteiger partial charge in [-0.1, -0.05) is 15.9 Å². The molecule has 0 unspecified atom stereocenters. The van der Waals surface area contributed by atoms with Crippen LogP contribution in [0.5, 0.6) is 0 Å². The third-order valence-corrected chi connectivity index (χ3v) is 2.85. The number of carbonyl (C=O) groups is 1. The Hall–Kier alpha value is -1.88. The predicted octanol–water partition coefficient (Wildman–Crippen LogP) is 3.37. The fraction of sp³-hybridized carbons (Fsp3) is 0.0769. The summed E-state index contributed by atoms with van der Waals surface area (Å²) in [6.45, 7) is 0. The van der Waals surface area contributed by atoms with Crippen molar-refractivity contribution in [3.05, 3.63) is 52.6 Å². The van der Waals surface area contributed by atoms with Crippen molar-refractivity contribution < 1.29 is 9.53 Å². The molecule has 0 amide bonds. The predicted molar refractivity (Wildman–Crippen MR) is 73.0 cm³/mol. The van der Waals surface area contributed by atoms with Gasteiger partial charge < -0.3 is 10.1 Å². The van der Waals surface area contributed by atoms with Crippen molar-refractivity contribution in [1.82, 2.24) is 4.98 Å². The second-order valence-corrected chi connectivity index (χ2v) is 4.44. The summed E-state index contributed by atoms with van der Waals surface area (Å²) in [5.74, 6) is 0.0642. The van der Waals surface area contributed by atoms with Crippen molar-refractivity contribution in [3.8, 4) is 0 Å². The molecule has 1 N–H and O–H groups in total. The Balaban J connectivity index is 2.28. The van der Waals surface area contributed by atoms with Gasteiger partial charge in [0.05, 0.1) is 7.11 Å². The quantitative estimate of drug-likeness (QED) is 0.883. The van der Waals surface area contributed by atoms with Gasteiger partial charge in [-0.3, -0.25) is 0 Å². The van der Waals surface area contributed by atoms with E-state index in [0.717, 1.165) is 10.2 Å². The van der Waals surface area contributed by atoms with Gasteiger partial charge in [0.15, 0.2) is 0 Å². The molecule has 5 heteroatoms. The van der Waals surface area contributed by atoms with Crippen molar-refractivity contribution >= 4 is 33.4 Å². The van der Waals surface area contributed by atoms with Crippen LogP contribution in [0.4, 0.5) is 11.5 Å². The summed E-state index contributed by atoms with van der Waals surface area (Å²) in [6.07, 6.45) is 1.62. The monoisotopic (exact) mass is 306 g/mol. The van der Waals surface area contributed by atoms with Gasteiger partial charge in [-0.15, -0.1) is 0 Å². The van der Waals surface area contributed by atoms with Gasteiger partial charge in [-0.25, -0.2) is 9.78 Å². The first-order chi connectivity index (χ1) is 8.70. The second-order valence-electron chi connectivity index (χ2n) is 3.52. The number of nitrogens with zero attached hydrogens (tertiary/aromatic N) is 1. The SMILES string of the molecule is COC(=O)c1cccnc1Nc1ccc(Br)cc1. The molecule has 18 heavy (non-hydrogen) atoms. The van der Waals surface area contributed by atoms with E-state index in [0.29, 0.717) is 11.4 Å². The lowest BCUT2D eigenvalue weighted by molar-refractivity contribution is 0.0601. The summed E-state index contributed by atoms with van der Waals surface area (Å²) < 4.78 is 5.70. The average Bonchev–Trinajstić information content (AvgIpc) is 2.41. The molecule has 92 valence electrons. The molecule has 0 aliphatic heterocycles. The first-order valence-electron chi connectivity index (χ1n) is 5.26. The second kappa shape index (κ2) is 5.64. The van der Waals surface area contributed by atoms with Crippen molar-refractivity contribution in [2.45, 2.75) is 0 Å². The van der Waals surface area contributed by atoms with Gasteiger partial charge in [0.2, 0.25) is 0 Å². The number of hydrogen-bond acceptors (Lipinski definition) is 4. The number of methoxy groups -OCH3 is 1. The minimum Gasteiger partial charge on any atom is -0.465 e. The lowest BCUT2D eigenvalue weighted by Gasteiger charge is -2.09. The van der Waals surface area contributed by atoms with E-state index in [-0.39, 0.29) is 0 Å². The van der Waals surface area contributed by atoms with E-state index >= 15 is 0 Å². The van der Waals surface area contributed by atoms with Crippen LogP contribution in [0.2, 0.25) is 0 Å². The molecular formula is C13H11BrN2O2. The largest absolute Gasteiger partial charge is 0.465 e. The third-order valence-electron chi connectivity index (χ3n) is 2.32. The van der Waals surface area contributed by atoms with Crippen LogP contribution >= 0.6 is 15.9 Å². The zero-order valence-corrected chi connectivity index (χ0v) is 11.3. The molecule has 0 aliphatic rings. The number of anilines is 2. The zero-order valence-electron chi connectivity index (χ0n) is 9.68. The van der Waals surface area contributed by atoms with Crippen molar-refractivity contribution in [2.24, 2.45) is 0 Å². The molecule has 4 nitrogen and oxygen atoms in total. The molecule has 0 bridgehead atoms. The first-order valence-corrected chi connectivity index (χ1v) is 6.06. The molecule has 0 atom stereocenters. The third kappa shape index (κ3) is 2.87. The molecule has 0 saturated heterocycles. The van der Waals surface area contributed by atoms with Crippen LogP contribution in [0.1, 0.15) is 10.4 Å². The number of pyridine rings is 1. The Bertz CT molecular complexity index is 555. The average molecular weight is 307 g/mol. The summed E-state index contributed by atoms with van der Waals surface area (Å²) in [7, 11) is 1.35. The number of ether oxygens (including phenoxy) is 1. The molecule has 0 radical (unpaired) electrons. The van der Waals surface area contributed by atoms with Crippen LogP contribution in [-0.4, -0.2) is 18.1 Å². The van der Waals surface area contributed by atoms with E-state index in [1.165, 1.54) is 7.11 Å². The number of rotatable bonds is 3. The Morgan fingerprint density at radius 1 is 1.28 bits per heavy atom. The fourth-order valence-electron chi connectivity index (χ4n) is 1.45. The highest BCUT2D eigenvalue weighted by atomic mass is 79.9. The van der Waals surface area contributed by atoms with Crippen LogP contribution in [0.25, 0.3) is 0 Å². The molecule has 0 aliphatic carbocycles. The van der Waals surface area contributed by atoms with E-state index in [1.807, 2.05) is 24.3 Å². The lowest BCUT2D eigenvalue weighted by atomic mass is 10.2. The van der Waals surface area contributed by atoms with E-state index in [4.69, 9.17) is 4.74 Å². The molecule has 0 spiro atoms. The topological polar surface area (TPSA) is 51.2 Å². The molecule has 0 saturated carbocycles. The zero-order chi connectivity index (χ0) is 13.0. The van der Waals surface area contributed by atoms with E-state index < -0.39 is 5.97 Å². The fourth-order valence-corrected chi connectivity index (χ4v) is 1.71. The molecule has 1 aromatic carbocycles. The number of aromatic nitrogens is 1. The van der Waals surface area contributed by atoms with Crippen molar-refractivity contribution in [1.29, 1.82) is 0 Å². The summed E-state index contributed by atoms with van der Waals surface area (Å²) >= 11 is 3.36.